The summed E-state index contributed by atoms with van der Waals surface area (Å²) in [6, 6.07) is 11.1. The topological polar surface area (TPSA) is 19.0 Å². The molecule has 0 unspecified atom stereocenters. The van der Waals surface area contributed by atoms with Crippen molar-refractivity contribution in [2.45, 2.75) is 19.5 Å². The molecule has 3 heteroatoms. The molecule has 0 amide bonds. The van der Waals surface area contributed by atoms with Crippen molar-refractivity contribution < 1.29 is 0 Å². The molecule has 19 heavy (non-hydrogen) atoms. The van der Waals surface area contributed by atoms with Crippen LogP contribution in [-0.4, -0.2) is 16.4 Å². The van der Waals surface area contributed by atoms with Crippen molar-refractivity contribution >= 4 is 22.2 Å². The molecule has 0 saturated carbocycles. The van der Waals surface area contributed by atoms with Gasteiger partial charge in [-0.2, -0.15) is 0 Å². The Balaban J connectivity index is 1.55. The third-order valence-corrected chi connectivity index (χ3v) is 4.93. The van der Waals surface area contributed by atoms with Crippen LogP contribution in [0.3, 0.4) is 0 Å². The quantitative estimate of drug-likeness (QED) is 0.749. The van der Waals surface area contributed by atoms with Gasteiger partial charge in [0.05, 0.1) is 0 Å². The van der Waals surface area contributed by atoms with Crippen molar-refractivity contribution in [3.63, 3.8) is 0 Å². The summed E-state index contributed by atoms with van der Waals surface area (Å²) in [5.74, 6) is 0. The van der Waals surface area contributed by atoms with Crippen molar-refractivity contribution in [3.8, 4) is 0 Å². The van der Waals surface area contributed by atoms with Gasteiger partial charge in [-0.3, -0.25) is 4.90 Å². The third-order valence-electron chi connectivity index (χ3n) is 3.91. The van der Waals surface area contributed by atoms with E-state index in [2.05, 4.69) is 45.6 Å². The molecule has 1 aromatic carbocycles. The molecule has 4 rings (SSSR count). The van der Waals surface area contributed by atoms with Crippen molar-refractivity contribution in [3.05, 3.63) is 57.9 Å². The van der Waals surface area contributed by atoms with Crippen LogP contribution in [-0.2, 0) is 19.5 Å². The van der Waals surface area contributed by atoms with Crippen LogP contribution in [0.1, 0.15) is 16.0 Å². The molecular formula is C16H16N2S. The zero-order valence-electron chi connectivity index (χ0n) is 10.7. The van der Waals surface area contributed by atoms with Crippen LogP contribution in [0.15, 0.2) is 41.9 Å². The largest absolute Gasteiger partial charge is 0.361 e. The molecular weight excluding hydrogens is 252 g/mol. The molecule has 1 aliphatic heterocycles. The molecule has 0 bridgehead atoms. The second-order valence-corrected chi connectivity index (χ2v) is 6.23. The molecule has 3 heterocycles. The number of aromatic amines is 1. The van der Waals surface area contributed by atoms with Crippen molar-refractivity contribution in [2.24, 2.45) is 0 Å². The Labute approximate surface area is 116 Å². The first-order chi connectivity index (χ1) is 9.38. The monoisotopic (exact) mass is 268 g/mol. The maximum Gasteiger partial charge on any atom is 0.0454 e. The van der Waals surface area contributed by atoms with Crippen LogP contribution in [0.25, 0.3) is 10.9 Å². The van der Waals surface area contributed by atoms with Crippen LogP contribution < -0.4 is 0 Å². The molecule has 0 atom stereocenters. The highest BCUT2D eigenvalue weighted by Crippen LogP contribution is 2.25. The predicted octanol–water partition coefficient (Wildman–Crippen LogP) is 3.79. The number of rotatable bonds is 2. The van der Waals surface area contributed by atoms with Gasteiger partial charge < -0.3 is 4.98 Å². The summed E-state index contributed by atoms with van der Waals surface area (Å²) < 4.78 is 0. The molecule has 0 radical (unpaired) electrons. The lowest BCUT2D eigenvalue weighted by Gasteiger charge is -2.26. The molecule has 2 aromatic heterocycles. The number of hydrogen-bond donors (Lipinski definition) is 1. The summed E-state index contributed by atoms with van der Waals surface area (Å²) >= 11 is 1.91. The van der Waals surface area contributed by atoms with Crippen molar-refractivity contribution in [2.75, 3.05) is 6.54 Å². The summed E-state index contributed by atoms with van der Waals surface area (Å²) in [5.41, 5.74) is 4.16. The van der Waals surface area contributed by atoms with Gasteiger partial charge >= 0.3 is 0 Å². The Morgan fingerprint density at radius 3 is 3.21 bits per heavy atom. The van der Waals surface area contributed by atoms with Crippen LogP contribution >= 0.6 is 11.3 Å². The third kappa shape index (κ3) is 2.09. The lowest BCUT2D eigenvalue weighted by atomic mass is 10.1. The first kappa shape index (κ1) is 11.3. The number of H-pyrrole nitrogens is 1. The molecule has 1 N–H and O–H groups in total. The normalized spacial score (nSPS) is 15.8. The molecule has 0 aliphatic carbocycles. The number of benzene rings is 1. The second-order valence-electron chi connectivity index (χ2n) is 5.23. The molecule has 0 saturated heterocycles. The Bertz CT molecular complexity index is 710. The summed E-state index contributed by atoms with van der Waals surface area (Å²) in [7, 11) is 0. The molecule has 0 fully saturated rings. The molecule has 0 spiro atoms. The van der Waals surface area contributed by atoms with Gasteiger partial charge in [0.25, 0.3) is 0 Å². The molecule has 96 valence electrons. The fourth-order valence-corrected chi connectivity index (χ4v) is 3.79. The van der Waals surface area contributed by atoms with Gasteiger partial charge in [0.2, 0.25) is 0 Å². The summed E-state index contributed by atoms with van der Waals surface area (Å²) in [4.78, 5) is 7.37. The van der Waals surface area contributed by atoms with Gasteiger partial charge in [-0.15, -0.1) is 11.3 Å². The van der Waals surface area contributed by atoms with E-state index in [-0.39, 0.29) is 0 Å². The first-order valence-electron chi connectivity index (χ1n) is 6.72. The fourth-order valence-electron chi connectivity index (χ4n) is 2.90. The highest BCUT2D eigenvalue weighted by molar-refractivity contribution is 7.10. The van der Waals surface area contributed by atoms with Gasteiger partial charge in [0, 0.05) is 36.2 Å². The molecule has 1 aliphatic rings. The number of nitrogens with one attached hydrogen (secondary N) is 1. The van der Waals surface area contributed by atoms with E-state index < -0.39 is 0 Å². The minimum atomic E-state index is 1.05. The molecule has 3 aromatic rings. The smallest absolute Gasteiger partial charge is 0.0454 e. The Morgan fingerprint density at radius 1 is 1.21 bits per heavy atom. The lowest BCUT2D eigenvalue weighted by molar-refractivity contribution is 0.247. The average Bonchev–Trinajstić information content (AvgIpc) is 3.05. The Kier molecular flexibility index (Phi) is 2.67. The van der Waals surface area contributed by atoms with E-state index in [4.69, 9.17) is 0 Å². The maximum atomic E-state index is 3.25. The minimum absolute atomic E-state index is 1.05. The van der Waals surface area contributed by atoms with Crippen molar-refractivity contribution in [1.82, 2.24) is 9.88 Å². The highest BCUT2D eigenvalue weighted by atomic mass is 32.1. The van der Waals surface area contributed by atoms with Crippen LogP contribution in [0.5, 0.6) is 0 Å². The van der Waals surface area contributed by atoms with E-state index in [1.165, 1.54) is 35.0 Å². The SMILES string of the molecule is c1cc2cc(CN3CCc4sccc4C3)ccc2[nH]1. The number of hydrogen-bond acceptors (Lipinski definition) is 2. The minimum Gasteiger partial charge on any atom is -0.361 e. The average molecular weight is 268 g/mol. The Hall–Kier alpha value is -1.58. The zero-order valence-corrected chi connectivity index (χ0v) is 11.5. The highest BCUT2D eigenvalue weighted by Gasteiger charge is 2.17. The molecule has 2 nitrogen and oxygen atoms in total. The van der Waals surface area contributed by atoms with E-state index in [1.807, 2.05) is 17.5 Å². The van der Waals surface area contributed by atoms with Crippen LogP contribution in [0.4, 0.5) is 0 Å². The van der Waals surface area contributed by atoms with Gasteiger partial charge in [-0.25, -0.2) is 0 Å². The van der Waals surface area contributed by atoms with Gasteiger partial charge in [-0.1, -0.05) is 6.07 Å². The van der Waals surface area contributed by atoms with Crippen LogP contribution in [0, 0.1) is 0 Å². The zero-order chi connectivity index (χ0) is 12.7. The van der Waals surface area contributed by atoms with E-state index >= 15 is 0 Å². The maximum absolute atomic E-state index is 3.25. The van der Waals surface area contributed by atoms with E-state index in [1.54, 1.807) is 4.88 Å². The second kappa shape index (κ2) is 4.51. The van der Waals surface area contributed by atoms with Gasteiger partial charge in [-0.05, 0) is 52.6 Å². The number of nitrogens with zero attached hydrogens (tertiary/aromatic N) is 1. The van der Waals surface area contributed by atoms with E-state index in [9.17, 15) is 0 Å². The van der Waals surface area contributed by atoms with E-state index in [0.717, 1.165) is 13.1 Å². The van der Waals surface area contributed by atoms with Crippen LogP contribution in [0.2, 0.25) is 0 Å². The van der Waals surface area contributed by atoms with Gasteiger partial charge in [0.15, 0.2) is 0 Å². The lowest BCUT2D eigenvalue weighted by Crippen LogP contribution is -2.29. The van der Waals surface area contributed by atoms with Crippen molar-refractivity contribution in [1.29, 1.82) is 0 Å². The Morgan fingerprint density at radius 2 is 2.21 bits per heavy atom. The van der Waals surface area contributed by atoms with E-state index in [0.29, 0.717) is 0 Å². The standard InChI is InChI=1S/C16H16N2S/c1-2-15-13(3-6-17-15)9-12(1)10-18-7-4-16-14(11-18)5-8-19-16/h1-3,5-6,8-9,17H,4,7,10-11H2. The number of fused-ring (bicyclic) bond motifs is 2. The number of thiophene rings is 1. The summed E-state index contributed by atoms with van der Waals surface area (Å²) in [5, 5.41) is 3.53. The number of aromatic nitrogens is 1. The predicted molar refractivity (Wildman–Crippen MR) is 80.4 cm³/mol. The summed E-state index contributed by atoms with van der Waals surface area (Å²) in [6.45, 7) is 3.33. The first-order valence-corrected chi connectivity index (χ1v) is 7.60. The summed E-state index contributed by atoms with van der Waals surface area (Å²) in [6.07, 6.45) is 3.21. The van der Waals surface area contributed by atoms with Gasteiger partial charge in [0.1, 0.15) is 0 Å². The fraction of sp³-hybridized carbons (Fsp3) is 0.250.